The quantitative estimate of drug-likeness (QED) is 0.358. The second-order valence-electron chi connectivity index (χ2n) is 6.06. The normalized spacial score (nSPS) is 11.0. The van der Waals surface area contributed by atoms with E-state index in [2.05, 4.69) is 34.5 Å². The first-order valence-electron chi connectivity index (χ1n) is 8.40. The Bertz CT molecular complexity index is 709. The van der Waals surface area contributed by atoms with E-state index in [0.29, 0.717) is 24.1 Å². The van der Waals surface area contributed by atoms with Crippen molar-refractivity contribution in [3.8, 4) is 11.6 Å². The molecule has 2 N–H and O–H groups in total. The van der Waals surface area contributed by atoms with E-state index in [1.807, 2.05) is 12.1 Å². The maximum Gasteiger partial charge on any atom is 0.224 e. The first-order valence-corrected chi connectivity index (χ1v) is 8.40. The number of aliphatic imine (C=N–C) groups is 1. The van der Waals surface area contributed by atoms with E-state index >= 15 is 0 Å². The molecule has 2 aromatic rings. The van der Waals surface area contributed by atoms with Gasteiger partial charge in [0.1, 0.15) is 11.6 Å². The number of ether oxygens (including phenoxy) is 1. The average Bonchev–Trinajstić information content (AvgIpc) is 2.59. The fourth-order valence-electron chi connectivity index (χ4n) is 2.17. The van der Waals surface area contributed by atoms with Crippen molar-refractivity contribution in [3.05, 3.63) is 54.0 Å². The number of benzene rings is 1. The Morgan fingerprint density at radius 2 is 2.04 bits per heavy atom. The fraction of sp³-hybridized carbons (Fsp3) is 0.368. The van der Waals surface area contributed by atoms with Crippen molar-refractivity contribution in [1.29, 1.82) is 0 Å². The van der Waals surface area contributed by atoms with Crippen LogP contribution in [0.3, 0.4) is 0 Å². The van der Waals surface area contributed by atoms with Crippen molar-refractivity contribution in [2.45, 2.75) is 26.8 Å². The van der Waals surface area contributed by atoms with Crippen LogP contribution in [-0.4, -0.2) is 24.5 Å². The van der Waals surface area contributed by atoms with Crippen LogP contribution in [0.15, 0.2) is 47.6 Å². The number of guanidine groups is 1. The highest BCUT2D eigenvalue weighted by atomic mass is 127. The minimum Gasteiger partial charge on any atom is -0.439 e. The predicted molar refractivity (Wildman–Crippen MR) is 114 cm³/mol. The molecule has 0 fully saturated rings. The van der Waals surface area contributed by atoms with E-state index in [4.69, 9.17) is 4.74 Å². The highest BCUT2D eigenvalue weighted by molar-refractivity contribution is 14.0. The lowest BCUT2D eigenvalue weighted by atomic mass is 10.1. The molecule has 0 bridgehead atoms. The van der Waals surface area contributed by atoms with Crippen molar-refractivity contribution in [1.82, 2.24) is 15.6 Å². The number of hydrogen-bond donors (Lipinski definition) is 2. The first-order chi connectivity index (χ1) is 12.1. The summed E-state index contributed by atoms with van der Waals surface area (Å²) in [5.74, 6) is 1.87. The lowest BCUT2D eigenvalue weighted by molar-refractivity contribution is 0.450. The molecule has 0 amide bonds. The van der Waals surface area contributed by atoms with E-state index in [1.165, 1.54) is 12.1 Å². The molecular formula is C19H26FIN4O. The van der Waals surface area contributed by atoms with Crippen molar-refractivity contribution in [2.75, 3.05) is 13.6 Å². The molecule has 1 aromatic carbocycles. The summed E-state index contributed by atoms with van der Waals surface area (Å²) in [5.41, 5.74) is 0.860. The minimum atomic E-state index is -0.345. The average molecular weight is 472 g/mol. The van der Waals surface area contributed by atoms with Crippen LogP contribution in [-0.2, 0) is 6.54 Å². The molecule has 1 heterocycles. The Hall–Kier alpha value is -1.90. The van der Waals surface area contributed by atoms with Crippen LogP contribution < -0.4 is 15.4 Å². The molecule has 26 heavy (non-hydrogen) atoms. The summed E-state index contributed by atoms with van der Waals surface area (Å²) in [6.07, 6.45) is 2.72. The van der Waals surface area contributed by atoms with Gasteiger partial charge in [0.25, 0.3) is 0 Å². The molecule has 142 valence electrons. The lowest BCUT2D eigenvalue weighted by Gasteiger charge is -2.14. The second-order valence-corrected chi connectivity index (χ2v) is 6.06. The summed E-state index contributed by atoms with van der Waals surface area (Å²) in [4.78, 5) is 8.46. The third-order valence-corrected chi connectivity index (χ3v) is 3.54. The van der Waals surface area contributed by atoms with Crippen molar-refractivity contribution >= 4 is 29.9 Å². The van der Waals surface area contributed by atoms with E-state index in [1.54, 1.807) is 25.4 Å². The first kappa shape index (κ1) is 22.1. The topological polar surface area (TPSA) is 58.5 Å². The summed E-state index contributed by atoms with van der Waals surface area (Å²) >= 11 is 0. The summed E-state index contributed by atoms with van der Waals surface area (Å²) in [5, 5.41) is 6.52. The van der Waals surface area contributed by atoms with Crippen molar-refractivity contribution < 1.29 is 9.13 Å². The summed E-state index contributed by atoms with van der Waals surface area (Å²) in [6.45, 7) is 5.73. The van der Waals surface area contributed by atoms with Gasteiger partial charge in [-0.2, -0.15) is 0 Å². The molecule has 0 saturated carbocycles. The van der Waals surface area contributed by atoms with Crippen LogP contribution in [0.25, 0.3) is 0 Å². The zero-order chi connectivity index (χ0) is 18.1. The van der Waals surface area contributed by atoms with Gasteiger partial charge in [0.2, 0.25) is 5.88 Å². The summed E-state index contributed by atoms with van der Waals surface area (Å²) < 4.78 is 19.0. The fourth-order valence-corrected chi connectivity index (χ4v) is 2.17. The summed E-state index contributed by atoms with van der Waals surface area (Å²) in [6, 6.07) is 9.76. The monoisotopic (exact) mass is 472 g/mol. The van der Waals surface area contributed by atoms with Crippen molar-refractivity contribution in [2.24, 2.45) is 10.9 Å². The molecular weight excluding hydrogens is 446 g/mol. The molecule has 0 radical (unpaired) electrons. The number of halogens is 2. The number of pyridine rings is 1. The molecule has 0 aliphatic heterocycles. The molecule has 0 unspecified atom stereocenters. The number of rotatable bonds is 7. The van der Waals surface area contributed by atoms with Gasteiger partial charge >= 0.3 is 0 Å². The van der Waals surface area contributed by atoms with Crippen LogP contribution in [0.5, 0.6) is 11.6 Å². The maximum absolute atomic E-state index is 13.3. The third-order valence-electron chi connectivity index (χ3n) is 3.54. The van der Waals surface area contributed by atoms with Gasteiger partial charge in [-0.3, -0.25) is 4.99 Å². The molecule has 5 nitrogen and oxygen atoms in total. The minimum absolute atomic E-state index is 0. The highest BCUT2D eigenvalue weighted by Gasteiger charge is 2.08. The van der Waals surface area contributed by atoms with Crippen LogP contribution in [0, 0.1) is 11.7 Å². The van der Waals surface area contributed by atoms with Crippen LogP contribution in [0.4, 0.5) is 4.39 Å². The van der Waals surface area contributed by atoms with Gasteiger partial charge in [-0.25, -0.2) is 9.37 Å². The van der Waals surface area contributed by atoms with Gasteiger partial charge in [0.05, 0.1) is 0 Å². The van der Waals surface area contributed by atoms with Crippen LogP contribution >= 0.6 is 24.0 Å². The Kier molecular flexibility index (Phi) is 9.93. The van der Waals surface area contributed by atoms with Gasteiger partial charge < -0.3 is 15.4 Å². The van der Waals surface area contributed by atoms with Crippen LogP contribution in [0.2, 0.25) is 0 Å². The molecule has 7 heteroatoms. The number of aromatic nitrogens is 1. The van der Waals surface area contributed by atoms with Gasteiger partial charge in [-0.15, -0.1) is 24.0 Å². The largest absolute Gasteiger partial charge is 0.439 e. The Balaban J connectivity index is 0.00000338. The maximum atomic E-state index is 13.3. The van der Waals surface area contributed by atoms with E-state index in [9.17, 15) is 4.39 Å². The molecule has 0 spiro atoms. The van der Waals surface area contributed by atoms with E-state index < -0.39 is 0 Å². The van der Waals surface area contributed by atoms with E-state index in [0.717, 1.165) is 24.5 Å². The standard InChI is InChI=1S/C19H25FN4O.HI/c1-14(2)9-11-23-19(21-3)24-13-15-6-5-10-22-18(15)25-17-8-4-7-16(20)12-17;/h4-8,10,12,14H,9,11,13H2,1-3H3,(H2,21,23,24);1H. The predicted octanol–water partition coefficient (Wildman–Crippen LogP) is 4.34. The number of hydrogen-bond acceptors (Lipinski definition) is 3. The number of nitrogens with one attached hydrogen (secondary N) is 2. The van der Waals surface area contributed by atoms with Gasteiger partial charge in [0.15, 0.2) is 5.96 Å². The number of nitrogens with zero attached hydrogens (tertiary/aromatic N) is 2. The zero-order valence-corrected chi connectivity index (χ0v) is 17.7. The van der Waals surface area contributed by atoms with Gasteiger partial charge in [-0.05, 0) is 30.5 Å². The molecule has 0 saturated heterocycles. The van der Waals surface area contributed by atoms with E-state index in [-0.39, 0.29) is 29.8 Å². The Morgan fingerprint density at radius 1 is 1.23 bits per heavy atom. The molecule has 0 aliphatic rings. The summed E-state index contributed by atoms with van der Waals surface area (Å²) in [7, 11) is 1.73. The lowest BCUT2D eigenvalue weighted by Crippen LogP contribution is -2.37. The SMILES string of the molecule is CN=C(NCCC(C)C)NCc1cccnc1Oc1cccc(F)c1.I. The smallest absolute Gasteiger partial charge is 0.224 e. The van der Waals surface area contributed by atoms with Crippen LogP contribution in [0.1, 0.15) is 25.8 Å². The Labute approximate surface area is 171 Å². The Morgan fingerprint density at radius 3 is 2.73 bits per heavy atom. The molecule has 1 aromatic heterocycles. The highest BCUT2D eigenvalue weighted by Crippen LogP contribution is 2.23. The van der Waals surface area contributed by atoms with Gasteiger partial charge in [0, 0.05) is 38.0 Å². The molecule has 0 aliphatic carbocycles. The second kappa shape index (κ2) is 11.7. The molecule has 0 atom stereocenters. The third kappa shape index (κ3) is 7.55. The molecule has 2 rings (SSSR count). The zero-order valence-electron chi connectivity index (χ0n) is 15.3. The van der Waals surface area contributed by atoms with Crippen molar-refractivity contribution in [3.63, 3.8) is 0 Å². The van der Waals surface area contributed by atoms with Gasteiger partial charge in [-0.1, -0.05) is 26.0 Å².